The Balaban J connectivity index is 1.67. The topological polar surface area (TPSA) is 84.2 Å². The monoisotopic (exact) mass is 335 g/mol. The number of anilines is 1. The van der Waals surface area contributed by atoms with Crippen LogP contribution < -0.4 is 11.0 Å². The number of benzene rings is 2. The van der Waals surface area contributed by atoms with Gasteiger partial charge in [-0.15, -0.1) is 0 Å². The van der Waals surface area contributed by atoms with Gasteiger partial charge in [0, 0.05) is 18.1 Å². The zero-order valence-corrected chi connectivity index (χ0v) is 13.4. The van der Waals surface area contributed by atoms with E-state index in [1.165, 1.54) is 10.8 Å². The molecule has 0 atom stereocenters. The maximum Gasteiger partial charge on any atom is 0.347 e. The van der Waals surface area contributed by atoms with Crippen molar-refractivity contribution in [2.75, 3.05) is 5.32 Å². The van der Waals surface area contributed by atoms with Crippen LogP contribution in [0.25, 0.3) is 0 Å². The number of nitrogens with one attached hydrogen (secondary N) is 1. The third-order valence-corrected chi connectivity index (χ3v) is 3.65. The Morgan fingerprint density at radius 1 is 1.08 bits per heavy atom. The number of nitrogens with zero attached hydrogens (tertiary/aromatic N) is 2. The van der Waals surface area contributed by atoms with Crippen molar-refractivity contribution in [1.82, 2.24) is 9.55 Å². The smallest absolute Gasteiger partial charge is 0.347 e. The van der Waals surface area contributed by atoms with Crippen molar-refractivity contribution in [3.8, 4) is 5.75 Å². The molecule has 0 aliphatic rings. The van der Waals surface area contributed by atoms with E-state index in [0.717, 1.165) is 11.1 Å². The number of aromatic hydroxyl groups is 1. The van der Waals surface area contributed by atoms with Gasteiger partial charge in [-0.2, -0.15) is 0 Å². The summed E-state index contributed by atoms with van der Waals surface area (Å²) in [6, 6.07) is 15.6. The molecule has 0 saturated carbocycles. The summed E-state index contributed by atoms with van der Waals surface area (Å²) in [6.45, 7) is 0.383. The quantitative estimate of drug-likeness (QED) is 0.748. The molecule has 2 N–H and O–H groups in total. The molecule has 6 heteroatoms. The highest BCUT2D eigenvalue weighted by atomic mass is 16.3. The van der Waals surface area contributed by atoms with Crippen LogP contribution in [0.1, 0.15) is 11.1 Å². The van der Waals surface area contributed by atoms with E-state index in [1.807, 2.05) is 18.2 Å². The van der Waals surface area contributed by atoms with E-state index in [1.54, 1.807) is 42.6 Å². The Morgan fingerprint density at radius 2 is 1.88 bits per heavy atom. The second-order valence-electron chi connectivity index (χ2n) is 5.62. The molecule has 0 spiro atoms. The molecule has 0 saturated heterocycles. The number of phenolic OH excluding ortho intramolecular Hbond substituents is 1. The second-order valence-corrected chi connectivity index (χ2v) is 5.62. The Kier molecular flexibility index (Phi) is 4.89. The molecule has 126 valence electrons. The van der Waals surface area contributed by atoms with E-state index in [0.29, 0.717) is 12.2 Å². The van der Waals surface area contributed by atoms with E-state index in [2.05, 4.69) is 10.3 Å². The number of hydrogen-bond donors (Lipinski definition) is 2. The van der Waals surface area contributed by atoms with E-state index < -0.39 is 0 Å². The van der Waals surface area contributed by atoms with Crippen LogP contribution in [0.5, 0.6) is 5.75 Å². The predicted octanol–water partition coefficient (Wildman–Crippen LogP) is 2.18. The molecule has 3 aromatic rings. The fourth-order valence-corrected chi connectivity index (χ4v) is 2.46. The highest BCUT2D eigenvalue weighted by Gasteiger charge is 2.06. The molecule has 3 rings (SSSR count). The number of aromatic nitrogens is 2. The zero-order valence-electron chi connectivity index (χ0n) is 13.4. The molecular weight excluding hydrogens is 318 g/mol. The van der Waals surface area contributed by atoms with Crippen LogP contribution in [0, 0.1) is 0 Å². The first-order chi connectivity index (χ1) is 12.1. The first-order valence-electron chi connectivity index (χ1n) is 7.78. The van der Waals surface area contributed by atoms with Crippen LogP contribution in [-0.2, 0) is 17.8 Å². The number of carbonyl (C=O) groups excluding carboxylic acids is 1. The van der Waals surface area contributed by atoms with E-state index in [4.69, 9.17) is 0 Å². The highest BCUT2D eigenvalue weighted by molar-refractivity contribution is 5.92. The van der Waals surface area contributed by atoms with Crippen molar-refractivity contribution in [1.29, 1.82) is 0 Å². The first-order valence-corrected chi connectivity index (χ1v) is 7.78. The largest absolute Gasteiger partial charge is 0.508 e. The van der Waals surface area contributed by atoms with E-state index in [9.17, 15) is 14.7 Å². The van der Waals surface area contributed by atoms with E-state index in [-0.39, 0.29) is 23.8 Å². The van der Waals surface area contributed by atoms with Crippen LogP contribution in [0.2, 0.25) is 0 Å². The number of carbonyl (C=O) groups is 1. The SMILES string of the molecule is O=C(Cc1ccc(O)cc1)Nc1cccc(Cn2cccnc2=O)c1. The summed E-state index contributed by atoms with van der Waals surface area (Å²) in [5.41, 5.74) is 2.05. The van der Waals surface area contributed by atoms with Gasteiger partial charge in [-0.05, 0) is 41.5 Å². The van der Waals surface area contributed by atoms with Crippen molar-refractivity contribution in [3.63, 3.8) is 0 Å². The molecule has 25 heavy (non-hydrogen) atoms. The van der Waals surface area contributed by atoms with Crippen molar-refractivity contribution in [3.05, 3.63) is 88.6 Å². The van der Waals surface area contributed by atoms with E-state index >= 15 is 0 Å². The average molecular weight is 335 g/mol. The number of phenols is 1. The molecule has 0 aliphatic carbocycles. The zero-order chi connectivity index (χ0) is 17.6. The lowest BCUT2D eigenvalue weighted by Gasteiger charge is -2.09. The lowest BCUT2D eigenvalue weighted by Crippen LogP contribution is -2.22. The molecule has 1 heterocycles. The summed E-state index contributed by atoms with van der Waals surface area (Å²) >= 11 is 0. The third kappa shape index (κ3) is 4.54. The fraction of sp³-hybridized carbons (Fsp3) is 0.105. The Labute approximate surface area is 144 Å². The van der Waals surface area contributed by atoms with Crippen LogP contribution in [-0.4, -0.2) is 20.6 Å². The minimum atomic E-state index is -0.315. The van der Waals surface area contributed by atoms with Crippen molar-refractivity contribution >= 4 is 11.6 Å². The van der Waals surface area contributed by atoms with Crippen molar-refractivity contribution in [2.45, 2.75) is 13.0 Å². The van der Waals surface area contributed by atoms with Gasteiger partial charge in [0.2, 0.25) is 5.91 Å². The molecule has 2 aromatic carbocycles. The minimum Gasteiger partial charge on any atom is -0.508 e. The molecule has 0 unspecified atom stereocenters. The van der Waals surface area contributed by atoms with Gasteiger partial charge >= 0.3 is 5.69 Å². The molecule has 0 radical (unpaired) electrons. The Morgan fingerprint density at radius 3 is 2.64 bits per heavy atom. The molecule has 0 bridgehead atoms. The third-order valence-electron chi connectivity index (χ3n) is 3.65. The first kappa shape index (κ1) is 16.4. The van der Waals surface area contributed by atoms with Gasteiger partial charge in [0.05, 0.1) is 13.0 Å². The number of rotatable bonds is 5. The molecule has 0 aliphatic heterocycles. The summed E-state index contributed by atoms with van der Waals surface area (Å²) in [4.78, 5) is 27.5. The van der Waals surface area contributed by atoms with Crippen molar-refractivity contribution in [2.24, 2.45) is 0 Å². The van der Waals surface area contributed by atoms with Gasteiger partial charge in [0.15, 0.2) is 0 Å². The Hall–Kier alpha value is -3.41. The van der Waals surface area contributed by atoms with Crippen LogP contribution in [0.15, 0.2) is 71.8 Å². The Bertz CT molecular complexity index is 933. The lowest BCUT2D eigenvalue weighted by molar-refractivity contribution is -0.115. The average Bonchev–Trinajstić information content (AvgIpc) is 2.59. The van der Waals surface area contributed by atoms with Crippen molar-refractivity contribution < 1.29 is 9.90 Å². The van der Waals surface area contributed by atoms with Gasteiger partial charge in [0.1, 0.15) is 5.75 Å². The lowest BCUT2D eigenvalue weighted by atomic mass is 10.1. The number of amides is 1. The van der Waals surface area contributed by atoms with Gasteiger partial charge in [-0.25, -0.2) is 9.78 Å². The van der Waals surface area contributed by atoms with Crippen LogP contribution in [0.3, 0.4) is 0 Å². The number of hydrogen-bond acceptors (Lipinski definition) is 4. The maximum atomic E-state index is 12.2. The maximum absolute atomic E-state index is 12.2. The summed E-state index contributed by atoms with van der Waals surface area (Å²) in [5.74, 6) is 0.0175. The summed E-state index contributed by atoms with van der Waals surface area (Å²) < 4.78 is 1.50. The normalized spacial score (nSPS) is 10.4. The standard InChI is InChI=1S/C19H17N3O3/c23-17-7-5-14(6-8-17)12-18(24)21-16-4-1-3-15(11-16)13-22-10-2-9-20-19(22)25/h1-11,23H,12-13H2,(H,21,24). The molecule has 1 aromatic heterocycles. The van der Waals surface area contributed by atoms with Crippen LogP contribution in [0.4, 0.5) is 5.69 Å². The van der Waals surface area contributed by atoms with Gasteiger partial charge in [-0.1, -0.05) is 24.3 Å². The molecular formula is C19H17N3O3. The summed E-state index contributed by atoms with van der Waals surface area (Å²) in [6.07, 6.45) is 3.34. The van der Waals surface area contributed by atoms with Crippen LogP contribution >= 0.6 is 0 Å². The fourth-order valence-electron chi connectivity index (χ4n) is 2.46. The summed E-state index contributed by atoms with van der Waals surface area (Å²) in [7, 11) is 0. The van der Waals surface area contributed by atoms with Gasteiger partial charge in [0.25, 0.3) is 0 Å². The summed E-state index contributed by atoms with van der Waals surface area (Å²) in [5, 5.41) is 12.1. The van der Waals surface area contributed by atoms with Gasteiger partial charge in [-0.3, -0.25) is 9.36 Å². The molecule has 1 amide bonds. The van der Waals surface area contributed by atoms with Gasteiger partial charge < -0.3 is 10.4 Å². The highest BCUT2D eigenvalue weighted by Crippen LogP contribution is 2.14. The second kappa shape index (κ2) is 7.44. The predicted molar refractivity (Wildman–Crippen MR) is 94.5 cm³/mol. The minimum absolute atomic E-state index is 0.151. The molecule has 0 fully saturated rings. The molecule has 6 nitrogen and oxygen atoms in total.